The lowest BCUT2D eigenvalue weighted by molar-refractivity contribution is -0.152. The van der Waals surface area contributed by atoms with E-state index in [1.165, 1.54) is 6.92 Å². The second kappa shape index (κ2) is 3.91. The van der Waals surface area contributed by atoms with Gasteiger partial charge in [-0.1, -0.05) is 13.8 Å². The smallest absolute Gasteiger partial charge is 0.312 e. The maximum absolute atomic E-state index is 10.9. The van der Waals surface area contributed by atoms with E-state index in [0.29, 0.717) is 0 Å². The zero-order chi connectivity index (χ0) is 10.6. The SMILES string of the molecule is CC(C)C(C)(C(=O)O)C(C#N)C#N. The number of carbonyl (C=O) groups is 1. The quantitative estimate of drug-likeness (QED) is 0.711. The Balaban J connectivity index is 5.17. The van der Waals surface area contributed by atoms with Gasteiger partial charge in [0.15, 0.2) is 0 Å². The third-order valence-corrected chi connectivity index (χ3v) is 2.52. The van der Waals surface area contributed by atoms with E-state index in [1.54, 1.807) is 26.0 Å². The highest BCUT2D eigenvalue weighted by atomic mass is 16.4. The van der Waals surface area contributed by atoms with Crippen LogP contribution in [0, 0.1) is 39.9 Å². The molecule has 0 aromatic rings. The van der Waals surface area contributed by atoms with Crippen molar-refractivity contribution < 1.29 is 9.90 Å². The van der Waals surface area contributed by atoms with Crippen LogP contribution in [0.4, 0.5) is 0 Å². The summed E-state index contributed by atoms with van der Waals surface area (Å²) in [6.07, 6.45) is 0. The summed E-state index contributed by atoms with van der Waals surface area (Å²) in [6.45, 7) is 4.81. The van der Waals surface area contributed by atoms with Gasteiger partial charge in [-0.25, -0.2) is 0 Å². The lowest BCUT2D eigenvalue weighted by Crippen LogP contribution is -2.39. The molecule has 0 saturated heterocycles. The fourth-order valence-corrected chi connectivity index (χ4v) is 1.00. The number of nitrogens with zero attached hydrogens (tertiary/aromatic N) is 2. The van der Waals surface area contributed by atoms with Crippen LogP contribution in [0.3, 0.4) is 0 Å². The van der Waals surface area contributed by atoms with Gasteiger partial charge in [0.2, 0.25) is 0 Å². The van der Waals surface area contributed by atoms with Crippen LogP contribution in [-0.2, 0) is 4.79 Å². The van der Waals surface area contributed by atoms with E-state index in [9.17, 15) is 4.79 Å². The minimum Gasteiger partial charge on any atom is -0.481 e. The van der Waals surface area contributed by atoms with Crippen molar-refractivity contribution in [1.29, 1.82) is 10.5 Å². The van der Waals surface area contributed by atoms with Gasteiger partial charge in [0.1, 0.15) is 5.92 Å². The first-order chi connectivity index (χ1) is 5.91. The highest BCUT2D eigenvalue weighted by Crippen LogP contribution is 2.35. The van der Waals surface area contributed by atoms with Crippen LogP contribution in [0.1, 0.15) is 20.8 Å². The number of carboxylic acid groups (broad SMARTS) is 1. The van der Waals surface area contributed by atoms with Crippen molar-refractivity contribution >= 4 is 5.97 Å². The van der Waals surface area contributed by atoms with Crippen LogP contribution >= 0.6 is 0 Å². The molecule has 0 fully saturated rings. The number of hydrogen-bond acceptors (Lipinski definition) is 3. The molecule has 4 nitrogen and oxygen atoms in total. The highest BCUT2D eigenvalue weighted by molar-refractivity contribution is 5.76. The molecule has 4 heteroatoms. The molecule has 0 aromatic carbocycles. The number of carboxylic acids is 1. The molecule has 0 rings (SSSR count). The average Bonchev–Trinajstić information content (AvgIpc) is 2.05. The number of rotatable bonds is 3. The maximum Gasteiger partial charge on any atom is 0.312 e. The van der Waals surface area contributed by atoms with Gasteiger partial charge in [-0.15, -0.1) is 0 Å². The molecular weight excluding hydrogens is 168 g/mol. The summed E-state index contributed by atoms with van der Waals surface area (Å²) in [5.41, 5.74) is -1.29. The summed E-state index contributed by atoms with van der Waals surface area (Å²) in [7, 11) is 0. The number of nitriles is 2. The van der Waals surface area contributed by atoms with E-state index in [2.05, 4.69) is 0 Å². The van der Waals surface area contributed by atoms with Crippen LogP contribution in [0.5, 0.6) is 0 Å². The Hall–Kier alpha value is -1.55. The van der Waals surface area contributed by atoms with E-state index < -0.39 is 17.3 Å². The van der Waals surface area contributed by atoms with Gasteiger partial charge in [0.05, 0.1) is 17.6 Å². The van der Waals surface area contributed by atoms with Crippen molar-refractivity contribution in [3.8, 4) is 12.1 Å². The summed E-state index contributed by atoms with van der Waals surface area (Å²) in [4.78, 5) is 10.9. The molecule has 70 valence electrons. The van der Waals surface area contributed by atoms with Gasteiger partial charge < -0.3 is 5.11 Å². The van der Waals surface area contributed by atoms with Crippen molar-refractivity contribution in [3.05, 3.63) is 0 Å². The van der Waals surface area contributed by atoms with Crippen LogP contribution in [0.2, 0.25) is 0 Å². The first-order valence-electron chi connectivity index (χ1n) is 3.93. The Labute approximate surface area is 77.4 Å². The fraction of sp³-hybridized carbons (Fsp3) is 0.667. The summed E-state index contributed by atoms with van der Waals surface area (Å²) >= 11 is 0. The second-order valence-electron chi connectivity index (χ2n) is 3.43. The predicted octanol–water partition coefficient (Wildman–Crippen LogP) is 1.40. The number of hydrogen-bond donors (Lipinski definition) is 1. The van der Waals surface area contributed by atoms with Crippen LogP contribution in [0.25, 0.3) is 0 Å². The normalized spacial score (nSPS) is 14.7. The Bertz CT molecular complexity index is 271. The van der Waals surface area contributed by atoms with Crippen molar-refractivity contribution in [3.63, 3.8) is 0 Å². The molecule has 1 unspecified atom stereocenters. The van der Waals surface area contributed by atoms with Crippen molar-refractivity contribution in [2.45, 2.75) is 20.8 Å². The maximum atomic E-state index is 10.9. The summed E-state index contributed by atoms with van der Waals surface area (Å²) < 4.78 is 0. The first kappa shape index (κ1) is 11.4. The van der Waals surface area contributed by atoms with Gasteiger partial charge in [0, 0.05) is 0 Å². The van der Waals surface area contributed by atoms with E-state index in [-0.39, 0.29) is 5.92 Å². The summed E-state index contributed by atoms with van der Waals surface area (Å²) in [5.74, 6) is -2.46. The Kier molecular flexibility index (Phi) is 3.44. The molecule has 0 heterocycles. The molecule has 0 saturated carbocycles. The van der Waals surface area contributed by atoms with Crippen LogP contribution in [-0.4, -0.2) is 11.1 Å². The summed E-state index contributed by atoms with van der Waals surface area (Å²) in [5, 5.41) is 26.2. The van der Waals surface area contributed by atoms with Gasteiger partial charge in [0.25, 0.3) is 0 Å². The van der Waals surface area contributed by atoms with Gasteiger partial charge >= 0.3 is 5.97 Å². The molecule has 0 aliphatic heterocycles. The predicted molar refractivity (Wildman–Crippen MR) is 45.3 cm³/mol. The fourth-order valence-electron chi connectivity index (χ4n) is 1.00. The van der Waals surface area contributed by atoms with Crippen molar-refractivity contribution in [2.75, 3.05) is 0 Å². The molecule has 1 atom stereocenters. The Morgan fingerprint density at radius 2 is 1.77 bits per heavy atom. The molecular formula is C9H12N2O2. The number of aliphatic carboxylic acids is 1. The minimum atomic E-state index is -1.29. The minimum absolute atomic E-state index is 0.255. The van der Waals surface area contributed by atoms with Crippen molar-refractivity contribution in [1.82, 2.24) is 0 Å². The van der Waals surface area contributed by atoms with Gasteiger partial charge in [-0.05, 0) is 12.8 Å². The molecule has 13 heavy (non-hydrogen) atoms. The molecule has 1 N–H and O–H groups in total. The van der Waals surface area contributed by atoms with Crippen molar-refractivity contribution in [2.24, 2.45) is 17.3 Å². The molecule has 0 amide bonds. The largest absolute Gasteiger partial charge is 0.481 e. The van der Waals surface area contributed by atoms with E-state index >= 15 is 0 Å². The van der Waals surface area contributed by atoms with Crippen LogP contribution < -0.4 is 0 Å². The monoisotopic (exact) mass is 180 g/mol. The van der Waals surface area contributed by atoms with E-state index in [1.807, 2.05) is 0 Å². The zero-order valence-corrected chi connectivity index (χ0v) is 7.90. The topological polar surface area (TPSA) is 84.9 Å². The third-order valence-electron chi connectivity index (χ3n) is 2.52. The Morgan fingerprint density at radius 3 is 1.85 bits per heavy atom. The Morgan fingerprint density at radius 1 is 1.38 bits per heavy atom. The van der Waals surface area contributed by atoms with E-state index in [4.69, 9.17) is 15.6 Å². The molecule has 0 aliphatic rings. The van der Waals surface area contributed by atoms with E-state index in [0.717, 1.165) is 0 Å². The van der Waals surface area contributed by atoms with Gasteiger partial charge in [-0.2, -0.15) is 10.5 Å². The molecule has 0 spiro atoms. The molecule has 0 aliphatic carbocycles. The molecule has 0 bridgehead atoms. The standard InChI is InChI=1S/C9H12N2O2/c1-6(2)9(3,8(12)13)7(4-10)5-11/h6-7H,1-3H3,(H,12,13). The molecule has 0 aromatic heterocycles. The van der Waals surface area contributed by atoms with Crippen LogP contribution in [0.15, 0.2) is 0 Å². The average molecular weight is 180 g/mol. The first-order valence-corrected chi connectivity index (χ1v) is 3.93. The second-order valence-corrected chi connectivity index (χ2v) is 3.43. The zero-order valence-electron chi connectivity index (χ0n) is 7.90. The third kappa shape index (κ3) is 1.78. The summed E-state index contributed by atoms with van der Waals surface area (Å²) in [6, 6.07) is 3.43. The lowest BCUT2D eigenvalue weighted by Gasteiger charge is -2.29. The highest BCUT2D eigenvalue weighted by Gasteiger charge is 2.45. The molecule has 0 radical (unpaired) electrons. The lowest BCUT2D eigenvalue weighted by atomic mass is 9.70. The van der Waals surface area contributed by atoms with Gasteiger partial charge in [-0.3, -0.25) is 4.79 Å².